The molecule has 266 valence electrons. The number of amides is 3. The Morgan fingerprint density at radius 2 is 1.49 bits per heavy atom. The standard InChI is InChI=1S/C36H39Cl2N9O4/c1-50-34-29(16-39-15-21-9-10-31(48)43-21)41-17-27(44-34)25-7-3-5-23(32(25)37)24-6-4-8-26(33(24)38)28-18-42-30(35(45-28)51-2)20-46-13-11-22(19-46)47-14-12-40-36(47)49/h3-8,17-18,21-22,39H,9-16,19-20H2,1-2H3,(H,40,49)(H,43,48). The highest BCUT2D eigenvalue weighted by Gasteiger charge is 2.33. The fourth-order valence-corrected chi connectivity index (χ4v) is 7.59. The first-order valence-electron chi connectivity index (χ1n) is 17.0. The Balaban J connectivity index is 1.09. The lowest BCUT2D eigenvalue weighted by atomic mass is 9.98. The van der Waals surface area contributed by atoms with Crippen molar-refractivity contribution in [3.05, 3.63) is 70.2 Å². The molecular formula is C36H39Cl2N9O4. The van der Waals surface area contributed by atoms with Crippen molar-refractivity contribution in [1.29, 1.82) is 0 Å². The summed E-state index contributed by atoms with van der Waals surface area (Å²) in [5.74, 6) is 0.891. The fourth-order valence-electron chi connectivity index (χ4n) is 6.94. The van der Waals surface area contributed by atoms with E-state index in [0.717, 1.165) is 49.3 Å². The van der Waals surface area contributed by atoms with Gasteiger partial charge in [0.25, 0.3) is 0 Å². The molecule has 2 atom stereocenters. The zero-order valence-corrected chi connectivity index (χ0v) is 29.9. The molecule has 15 heteroatoms. The van der Waals surface area contributed by atoms with E-state index in [1.807, 2.05) is 41.3 Å². The van der Waals surface area contributed by atoms with Crippen LogP contribution in [0.5, 0.6) is 11.8 Å². The van der Waals surface area contributed by atoms with E-state index in [-0.39, 0.29) is 24.0 Å². The SMILES string of the molecule is COc1nc(-c2cccc(-c3cccc(-c4cnc(CN5CCC(N6CCNC6=O)C5)c(OC)n4)c3Cl)c2Cl)cnc1CNCC1CCC(=O)N1. The molecule has 0 bridgehead atoms. The Morgan fingerprint density at radius 1 is 0.863 bits per heavy atom. The van der Waals surface area contributed by atoms with Crippen LogP contribution >= 0.6 is 23.2 Å². The summed E-state index contributed by atoms with van der Waals surface area (Å²) in [6.45, 7) is 4.69. The number of hydrogen-bond donors (Lipinski definition) is 3. The predicted octanol–water partition coefficient (Wildman–Crippen LogP) is 4.56. The molecule has 3 N–H and O–H groups in total. The van der Waals surface area contributed by atoms with Gasteiger partial charge >= 0.3 is 6.03 Å². The molecule has 4 aromatic rings. The van der Waals surface area contributed by atoms with Crippen molar-refractivity contribution >= 4 is 35.1 Å². The van der Waals surface area contributed by atoms with E-state index in [4.69, 9.17) is 47.6 Å². The number of nitrogens with zero attached hydrogens (tertiary/aromatic N) is 6. The van der Waals surface area contributed by atoms with Gasteiger partial charge in [-0.05, 0) is 12.8 Å². The van der Waals surface area contributed by atoms with Crippen LogP contribution in [0.4, 0.5) is 4.79 Å². The lowest BCUT2D eigenvalue weighted by Crippen LogP contribution is -2.39. The first kappa shape index (κ1) is 34.9. The average Bonchev–Trinajstić information content (AvgIpc) is 3.90. The number of rotatable bonds is 12. The Labute approximate surface area is 306 Å². The summed E-state index contributed by atoms with van der Waals surface area (Å²) in [7, 11) is 3.14. The van der Waals surface area contributed by atoms with Crippen LogP contribution in [0.1, 0.15) is 30.7 Å². The molecule has 2 unspecified atom stereocenters. The highest BCUT2D eigenvalue weighted by Crippen LogP contribution is 2.42. The summed E-state index contributed by atoms with van der Waals surface area (Å²) >= 11 is 14.2. The number of likely N-dealkylation sites (tertiary alicyclic amines) is 1. The zero-order valence-electron chi connectivity index (χ0n) is 28.4. The lowest BCUT2D eigenvalue weighted by molar-refractivity contribution is -0.119. The Kier molecular flexibility index (Phi) is 10.5. The topological polar surface area (TPSA) is 147 Å². The van der Waals surface area contributed by atoms with Gasteiger partial charge in [-0.15, -0.1) is 0 Å². The summed E-state index contributed by atoms with van der Waals surface area (Å²) in [5.41, 5.74) is 5.29. The van der Waals surface area contributed by atoms with Gasteiger partial charge < -0.3 is 30.3 Å². The minimum absolute atomic E-state index is 0.0105. The monoisotopic (exact) mass is 731 g/mol. The van der Waals surface area contributed by atoms with Crippen molar-refractivity contribution in [2.75, 3.05) is 46.9 Å². The number of carbonyl (C=O) groups is 2. The highest BCUT2D eigenvalue weighted by atomic mass is 35.5. The lowest BCUT2D eigenvalue weighted by Gasteiger charge is -2.23. The minimum Gasteiger partial charge on any atom is -0.480 e. The molecule has 13 nitrogen and oxygen atoms in total. The maximum atomic E-state index is 12.2. The third-order valence-electron chi connectivity index (χ3n) is 9.57. The van der Waals surface area contributed by atoms with Crippen molar-refractivity contribution in [3.8, 4) is 45.4 Å². The summed E-state index contributed by atoms with van der Waals surface area (Å²) in [5, 5.41) is 10.1. The van der Waals surface area contributed by atoms with Crippen molar-refractivity contribution in [2.24, 2.45) is 0 Å². The first-order chi connectivity index (χ1) is 24.8. The van der Waals surface area contributed by atoms with Gasteiger partial charge in [-0.1, -0.05) is 59.6 Å². The number of aromatic nitrogens is 4. The number of hydrogen-bond acceptors (Lipinski definition) is 10. The van der Waals surface area contributed by atoms with Crippen LogP contribution in [-0.4, -0.2) is 101 Å². The van der Waals surface area contributed by atoms with Gasteiger partial charge in [0.1, 0.15) is 11.4 Å². The van der Waals surface area contributed by atoms with E-state index < -0.39 is 0 Å². The smallest absolute Gasteiger partial charge is 0.317 e. The van der Waals surface area contributed by atoms with Crippen LogP contribution in [0.15, 0.2) is 48.8 Å². The van der Waals surface area contributed by atoms with E-state index >= 15 is 0 Å². The van der Waals surface area contributed by atoms with Crippen LogP contribution in [-0.2, 0) is 17.9 Å². The van der Waals surface area contributed by atoms with Crippen LogP contribution in [0.25, 0.3) is 33.6 Å². The van der Waals surface area contributed by atoms with E-state index in [9.17, 15) is 9.59 Å². The molecule has 3 aliphatic heterocycles. The second-order valence-corrected chi connectivity index (χ2v) is 13.5. The third-order valence-corrected chi connectivity index (χ3v) is 10.4. The van der Waals surface area contributed by atoms with Crippen LogP contribution in [0, 0.1) is 0 Å². The summed E-state index contributed by atoms with van der Waals surface area (Å²) in [4.78, 5) is 46.8. The van der Waals surface area contributed by atoms with Crippen LogP contribution in [0.3, 0.4) is 0 Å². The molecule has 2 aromatic carbocycles. The van der Waals surface area contributed by atoms with Gasteiger partial charge in [-0.2, -0.15) is 0 Å². The van der Waals surface area contributed by atoms with Crippen molar-refractivity contribution in [2.45, 2.75) is 44.4 Å². The normalized spacial score (nSPS) is 19.0. The summed E-state index contributed by atoms with van der Waals surface area (Å²) in [6.07, 6.45) is 5.67. The predicted molar refractivity (Wildman–Crippen MR) is 194 cm³/mol. The number of carbonyl (C=O) groups excluding carboxylic acids is 2. The maximum absolute atomic E-state index is 12.2. The molecule has 3 amide bonds. The largest absolute Gasteiger partial charge is 0.480 e. The molecular weight excluding hydrogens is 693 g/mol. The quantitative estimate of drug-likeness (QED) is 0.190. The van der Waals surface area contributed by atoms with Gasteiger partial charge in [0, 0.05) is 86.6 Å². The highest BCUT2D eigenvalue weighted by molar-refractivity contribution is 6.39. The molecule has 3 saturated heterocycles. The van der Waals surface area contributed by atoms with E-state index in [1.165, 1.54) is 0 Å². The number of nitrogens with one attached hydrogen (secondary N) is 3. The van der Waals surface area contributed by atoms with Gasteiger partial charge in [0.2, 0.25) is 17.7 Å². The third kappa shape index (κ3) is 7.43. The van der Waals surface area contributed by atoms with E-state index in [2.05, 4.69) is 25.8 Å². The van der Waals surface area contributed by atoms with Gasteiger partial charge in [0.15, 0.2) is 0 Å². The maximum Gasteiger partial charge on any atom is 0.317 e. The number of ether oxygens (including phenoxy) is 2. The van der Waals surface area contributed by atoms with E-state index in [1.54, 1.807) is 26.6 Å². The number of halogens is 2. The first-order valence-corrected chi connectivity index (χ1v) is 17.7. The molecule has 0 radical (unpaired) electrons. The van der Waals surface area contributed by atoms with Crippen molar-refractivity contribution in [3.63, 3.8) is 0 Å². The Morgan fingerprint density at radius 3 is 2.08 bits per heavy atom. The van der Waals surface area contributed by atoms with Gasteiger partial charge in [-0.25, -0.2) is 14.8 Å². The summed E-state index contributed by atoms with van der Waals surface area (Å²) in [6, 6.07) is 11.7. The summed E-state index contributed by atoms with van der Waals surface area (Å²) < 4.78 is 11.3. The van der Waals surface area contributed by atoms with E-state index in [0.29, 0.717) is 82.6 Å². The Hall–Kier alpha value is -4.56. The molecule has 5 heterocycles. The average molecular weight is 733 g/mol. The zero-order chi connectivity index (χ0) is 35.5. The number of benzene rings is 2. The fraction of sp³-hybridized carbons (Fsp3) is 0.389. The second-order valence-electron chi connectivity index (χ2n) is 12.8. The van der Waals surface area contributed by atoms with Crippen molar-refractivity contribution in [1.82, 2.24) is 45.7 Å². The molecule has 2 aromatic heterocycles. The molecule has 3 fully saturated rings. The molecule has 51 heavy (non-hydrogen) atoms. The Bertz CT molecular complexity index is 1950. The van der Waals surface area contributed by atoms with Crippen LogP contribution < -0.4 is 25.4 Å². The molecule has 7 rings (SSSR count). The molecule has 0 spiro atoms. The molecule has 0 saturated carbocycles. The second kappa shape index (κ2) is 15.4. The van der Waals surface area contributed by atoms with Crippen LogP contribution in [0.2, 0.25) is 10.0 Å². The number of methoxy groups -OCH3 is 2. The minimum atomic E-state index is 0.0105. The molecule has 3 aliphatic rings. The number of urea groups is 1. The molecule has 0 aliphatic carbocycles. The van der Waals surface area contributed by atoms with Gasteiger partial charge in [-0.3, -0.25) is 19.7 Å². The van der Waals surface area contributed by atoms with Gasteiger partial charge in [0.05, 0.1) is 48.0 Å². The van der Waals surface area contributed by atoms with Crippen molar-refractivity contribution < 1.29 is 19.1 Å².